The van der Waals surface area contributed by atoms with Crippen LogP contribution in [0.25, 0.3) is 0 Å². The monoisotopic (exact) mass is 346 g/mol. The highest BCUT2D eigenvalue weighted by Gasteiger charge is 2.09. The van der Waals surface area contributed by atoms with Crippen LogP contribution in [0.1, 0.15) is 28.6 Å². The molecule has 0 saturated heterocycles. The van der Waals surface area contributed by atoms with E-state index in [-0.39, 0.29) is 0 Å². The second-order valence-electron chi connectivity index (χ2n) is 5.62. The first-order valence-corrected chi connectivity index (χ1v) is 8.56. The highest BCUT2D eigenvalue weighted by atomic mass is 32.1. The zero-order chi connectivity index (χ0) is 17.7. The average molecular weight is 346 g/mol. The highest BCUT2D eigenvalue weighted by molar-refractivity contribution is 7.10. The lowest BCUT2D eigenvalue weighted by Gasteiger charge is -2.11. The number of nitrogens with zero attached hydrogens (tertiary/aromatic N) is 3. The first-order chi connectivity index (χ1) is 11.4. The molecule has 0 atom stereocenters. The van der Waals surface area contributed by atoms with Gasteiger partial charge in [-0.25, -0.2) is 14.8 Å². The van der Waals surface area contributed by atoms with Crippen molar-refractivity contribution < 1.29 is 9.90 Å². The van der Waals surface area contributed by atoms with E-state index in [4.69, 9.17) is 5.11 Å². The van der Waals surface area contributed by atoms with Crippen molar-refractivity contribution in [2.75, 3.05) is 18.9 Å². The molecule has 0 aliphatic heterocycles. The average Bonchev–Trinajstić information content (AvgIpc) is 2.95. The summed E-state index contributed by atoms with van der Waals surface area (Å²) < 4.78 is 0. The molecule has 1 heterocycles. The number of carboxylic acid groups (broad SMARTS) is 1. The van der Waals surface area contributed by atoms with Crippen molar-refractivity contribution in [2.24, 2.45) is 4.99 Å². The fraction of sp³-hybridized carbons (Fsp3) is 0.353. The van der Waals surface area contributed by atoms with E-state index in [1.807, 2.05) is 25.2 Å². The van der Waals surface area contributed by atoms with Gasteiger partial charge >= 0.3 is 6.09 Å². The van der Waals surface area contributed by atoms with Gasteiger partial charge < -0.3 is 10.0 Å². The molecule has 0 bridgehead atoms. The number of benzene rings is 1. The zero-order valence-corrected chi connectivity index (χ0v) is 15.1. The lowest BCUT2D eigenvalue weighted by molar-refractivity contribution is 0.209. The van der Waals surface area contributed by atoms with Gasteiger partial charge in [0.1, 0.15) is 5.82 Å². The summed E-state index contributed by atoms with van der Waals surface area (Å²) in [4.78, 5) is 21.5. The number of anilines is 1. The second kappa shape index (κ2) is 7.92. The maximum Gasteiger partial charge on any atom is 0.410 e. The van der Waals surface area contributed by atoms with Crippen molar-refractivity contribution in [1.82, 2.24) is 9.88 Å². The molecule has 1 amide bonds. The van der Waals surface area contributed by atoms with E-state index in [1.54, 1.807) is 5.38 Å². The van der Waals surface area contributed by atoms with E-state index in [0.717, 1.165) is 28.4 Å². The summed E-state index contributed by atoms with van der Waals surface area (Å²) in [5.41, 5.74) is 4.39. The summed E-state index contributed by atoms with van der Waals surface area (Å²) in [5.74, 6) is 0.376. The van der Waals surface area contributed by atoms with Gasteiger partial charge in [0.05, 0.1) is 17.0 Å². The summed E-state index contributed by atoms with van der Waals surface area (Å²) >= 11 is 1.45. The van der Waals surface area contributed by atoms with Crippen molar-refractivity contribution >= 4 is 35.3 Å². The van der Waals surface area contributed by atoms with Crippen LogP contribution in [-0.2, 0) is 6.42 Å². The zero-order valence-electron chi connectivity index (χ0n) is 14.3. The first-order valence-electron chi connectivity index (χ1n) is 7.68. The molecule has 0 unspecified atom stereocenters. The number of hydrogen-bond acceptors (Lipinski definition) is 4. The van der Waals surface area contributed by atoms with Gasteiger partial charge in [-0.05, 0) is 43.5 Å². The van der Waals surface area contributed by atoms with Gasteiger partial charge in [0.25, 0.3) is 0 Å². The van der Waals surface area contributed by atoms with Gasteiger partial charge in [0, 0.05) is 25.4 Å². The molecule has 0 saturated carbocycles. The number of aromatic nitrogens is 1. The minimum Gasteiger partial charge on any atom is -0.465 e. The topological polar surface area (TPSA) is 77.8 Å². The number of thiazole rings is 1. The van der Waals surface area contributed by atoms with E-state index in [0.29, 0.717) is 12.2 Å². The molecular formula is C17H22N4O2S. The third-order valence-corrected chi connectivity index (χ3v) is 4.52. The largest absolute Gasteiger partial charge is 0.465 e. The van der Waals surface area contributed by atoms with E-state index in [1.165, 1.54) is 16.9 Å². The first kappa shape index (κ1) is 17.9. The molecule has 0 radical (unpaired) electrons. The third-order valence-electron chi connectivity index (χ3n) is 3.68. The Hall–Kier alpha value is -2.41. The van der Waals surface area contributed by atoms with E-state index in [2.05, 4.69) is 41.3 Å². The second-order valence-corrected chi connectivity index (χ2v) is 6.56. The molecule has 24 heavy (non-hydrogen) atoms. The van der Waals surface area contributed by atoms with Crippen molar-refractivity contribution in [2.45, 2.75) is 27.2 Å². The molecule has 7 heteroatoms. The molecule has 2 N–H and O–H groups in total. The van der Waals surface area contributed by atoms with Gasteiger partial charge in [-0.15, -0.1) is 11.3 Å². The molecular weight excluding hydrogens is 324 g/mol. The lowest BCUT2D eigenvalue weighted by atomic mass is 10.0. The van der Waals surface area contributed by atoms with Crippen LogP contribution in [-0.4, -0.2) is 41.0 Å². The summed E-state index contributed by atoms with van der Waals surface area (Å²) in [6.07, 6.45) is 1.42. The maximum absolute atomic E-state index is 10.6. The molecule has 0 spiro atoms. The van der Waals surface area contributed by atoms with Gasteiger partial charge in [0.2, 0.25) is 0 Å². The minimum atomic E-state index is -1.10. The van der Waals surface area contributed by atoms with E-state index in [9.17, 15) is 4.79 Å². The Balaban J connectivity index is 2.17. The summed E-state index contributed by atoms with van der Waals surface area (Å²) in [7, 11) is 1.99. The predicted octanol–water partition coefficient (Wildman–Crippen LogP) is 4.05. The van der Waals surface area contributed by atoms with Gasteiger partial charge in [-0.2, -0.15) is 0 Å². The molecule has 6 nitrogen and oxygen atoms in total. The number of carbonyl (C=O) groups is 1. The van der Waals surface area contributed by atoms with Crippen LogP contribution in [0, 0.1) is 13.8 Å². The number of nitrogens with one attached hydrogen (secondary N) is 1. The highest BCUT2D eigenvalue weighted by Crippen LogP contribution is 2.26. The van der Waals surface area contributed by atoms with Crippen molar-refractivity contribution in [1.29, 1.82) is 0 Å². The Morgan fingerprint density at radius 3 is 2.83 bits per heavy atom. The lowest BCUT2D eigenvalue weighted by Crippen LogP contribution is -2.14. The van der Waals surface area contributed by atoms with Crippen LogP contribution in [0.2, 0.25) is 0 Å². The molecule has 2 aromatic rings. The van der Waals surface area contributed by atoms with Crippen LogP contribution < -0.4 is 5.32 Å². The van der Waals surface area contributed by atoms with E-state index >= 15 is 0 Å². The Morgan fingerprint density at radius 1 is 1.42 bits per heavy atom. The smallest absolute Gasteiger partial charge is 0.410 e. The SMILES string of the molecule is CCN(C)/C=N/c1cc(C)c(Cc2nc(NC(=O)O)cs2)cc1C. The predicted molar refractivity (Wildman–Crippen MR) is 98.9 cm³/mol. The maximum atomic E-state index is 10.6. The number of rotatable bonds is 6. The van der Waals surface area contributed by atoms with Crippen LogP contribution in [0.5, 0.6) is 0 Å². The van der Waals surface area contributed by atoms with Crippen LogP contribution in [0.3, 0.4) is 0 Å². The summed E-state index contributed by atoms with van der Waals surface area (Å²) in [5, 5.41) is 13.6. The molecule has 2 rings (SSSR count). The summed E-state index contributed by atoms with van der Waals surface area (Å²) in [6, 6.07) is 4.20. The van der Waals surface area contributed by atoms with Crippen LogP contribution >= 0.6 is 11.3 Å². The molecule has 0 aliphatic rings. The fourth-order valence-electron chi connectivity index (χ4n) is 2.15. The molecule has 0 fully saturated rings. The molecule has 0 aliphatic carbocycles. The molecule has 128 valence electrons. The third kappa shape index (κ3) is 4.79. The molecule has 1 aromatic carbocycles. The minimum absolute atomic E-state index is 0.376. The number of aryl methyl sites for hydroxylation is 2. The van der Waals surface area contributed by atoms with Gasteiger partial charge in [0.15, 0.2) is 0 Å². The number of amides is 1. The van der Waals surface area contributed by atoms with Crippen LogP contribution in [0.4, 0.5) is 16.3 Å². The quantitative estimate of drug-likeness (QED) is 0.611. The van der Waals surface area contributed by atoms with Crippen molar-refractivity contribution in [3.05, 3.63) is 39.2 Å². The fourth-order valence-corrected chi connectivity index (χ4v) is 2.90. The normalized spacial score (nSPS) is 11.0. The van der Waals surface area contributed by atoms with E-state index < -0.39 is 6.09 Å². The standard InChI is InChI=1S/C17H22N4O2S/c1-5-21(4)10-18-14-7-11(2)13(6-12(14)3)8-16-19-15(9-24-16)20-17(22)23/h6-7,9-10,20H,5,8H2,1-4H3,(H,22,23)/b18-10+. The Bertz CT molecular complexity index is 755. The Labute approximate surface area is 145 Å². The van der Waals surface area contributed by atoms with Gasteiger partial charge in [-0.3, -0.25) is 5.32 Å². The van der Waals surface area contributed by atoms with Gasteiger partial charge in [-0.1, -0.05) is 6.07 Å². The number of hydrogen-bond donors (Lipinski definition) is 2. The Kier molecular flexibility index (Phi) is 5.92. The summed E-state index contributed by atoms with van der Waals surface area (Å²) in [6.45, 7) is 7.09. The van der Waals surface area contributed by atoms with Crippen molar-refractivity contribution in [3.8, 4) is 0 Å². The molecule has 1 aromatic heterocycles. The van der Waals surface area contributed by atoms with Crippen molar-refractivity contribution in [3.63, 3.8) is 0 Å². The Morgan fingerprint density at radius 2 is 2.17 bits per heavy atom. The van der Waals surface area contributed by atoms with Crippen LogP contribution in [0.15, 0.2) is 22.5 Å². The number of aliphatic imine (C=N–C) groups is 1.